The maximum Gasteiger partial charge on any atom is 0.306 e. The highest BCUT2D eigenvalue weighted by Crippen LogP contribution is 2.67. The Balaban J connectivity index is 1.15. The van der Waals surface area contributed by atoms with E-state index in [2.05, 4.69) is 47.3 Å². The van der Waals surface area contributed by atoms with E-state index in [4.69, 9.17) is 9.47 Å². The molecule has 0 aromatic carbocycles. The lowest BCUT2D eigenvalue weighted by molar-refractivity contribution is -0.151. The van der Waals surface area contributed by atoms with Crippen molar-refractivity contribution < 1.29 is 14.3 Å². The number of rotatable bonds is 19. The molecule has 0 spiro atoms. The molecule has 45 heavy (non-hydrogen) atoms. The quantitative estimate of drug-likeness (QED) is 0.0815. The van der Waals surface area contributed by atoms with Crippen molar-refractivity contribution in [2.75, 3.05) is 13.2 Å². The molecule has 0 aromatic heterocycles. The Hall–Kier alpha value is -1.09. The van der Waals surface area contributed by atoms with Crippen LogP contribution in [0.5, 0.6) is 0 Å². The van der Waals surface area contributed by atoms with Crippen molar-refractivity contribution in [3.8, 4) is 0 Å². The molecule has 0 bridgehead atoms. The number of carbonyl (C=O) groups is 1. The minimum Gasteiger partial charge on any atom is -0.462 e. The lowest BCUT2D eigenvalue weighted by Crippen LogP contribution is -2.51. The SMILES string of the molecule is C=C(C)COCCCCCCCCCCC(=O)O[C@H]1CC[C@@]2(C)C(=CC[C@H]3[C@@H]4CC[C@H]([C@H](C)CCCC(C)C)[C@@]4(C)CC[C@@H]32)C1. The van der Waals surface area contributed by atoms with Gasteiger partial charge in [0.15, 0.2) is 0 Å². The number of fused-ring (bicyclic) bond motifs is 5. The fourth-order valence-corrected chi connectivity index (χ4v) is 10.8. The predicted molar refractivity (Wildman–Crippen MR) is 190 cm³/mol. The highest BCUT2D eigenvalue weighted by molar-refractivity contribution is 5.69. The van der Waals surface area contributed by atoms with Crippen molar-refractivity contribution in [1.29, 1.82) is 0 Å². The number of allylic oxidation sites excluding steroid dienone is 1. The van der Waals surface area contributed by atoms with Crippen LogP contribution in [0.2, 0.25) is 0 Å². The zero-order chi connectivity index (χ0) is 32.5. The third kappa shape index (κ3) is 9.73. The van der Waals surface area contributed by atoms with Gasteiger partial charge in [-0.2, -0.15) is 0 Å². The highest BCUT2D eigenvalue weighted by atomic mass is 16.5. The second-order valence-corrected chi connectivity index (χ2v) is 17.2. The predicted octanol–water partition coefficient (Wildman–Crippen LogP) is 12.0. The molecule has 4 rings (SSSR count). The number of hydrogen-bond acceptors (Lipinski definition) is 3. The van der Waals surface area contributed by atoms with E-state index in [9.17, 15) is 4.79 Å². The van der Waals surface area contributed by atoms with Crippen LogP contribution in [0, 0.1) is 46.3 Å². The smallest absolute Gasteiger partial charge is 0.306 e. The van der Waals surface area contributed by atoms with Crippen LogP contribution in [0.15, 0.2) is 23.8 Å². The number of unbranched alkanes of at least 4 members (excludes halogenated alkanes) is 7. The molecule has 3 heteroatoms. The number of esters is 1. The van der Waals surface area contributed by atoms with Gasteiger partial charge < -0.3 is 9.47 Å². The molecular weight excluding hydrogens is 552 g/mol. The van der Waals surface area contributed by atoms with Gasteiger partial charge in [0.05, 0.1) is 6.61 Å². The minimum absolute atomic E-state index is 0.0422. The summed E-state index contributed by atoms with van der Waals surface area (Å²) in [6, 6.07) is 0. The monoisotopic (exact) mass is 625 g/mol. The molecule has 3 nitrogen and oxygen atoms in total. The van der Waals surface area contributed by atoms with Gasteiger partial charge in [0.1, 0.15) is 6.10 Å². The maximum atomic E-state index is 12.8. The van der Waals surface area contributed by atoms with Gasteiger partial charge in [-0.3, -0.25) is 4.79 Å². The third-order valence-corrected chi connectivity index (χ3v) is 13.3. The van der Waals surface area contributed by atoms with Gasteiger partial charge in [0, 0.05) is 19.4 Å². The summed E-state index contributed by atoms with van der Waals surface area (Å²) in [6.45, 7) is 20.1. The average molecular weight is 625 g/mol. The first-order chi connectivity index (χ1) is 21.5. The van der Waals surface area contributed by atoms with E-state index in [-0.39, 0.29) is 12.1 Å². The van der Waals surface area contributed by atoms with Crippen molar-refractivity contribution in [3.05, 3.63) is 23.8 Å². The Morgan fingerprint density at radius 1 is 0.889 bits per heavy atom. The Kier molecular flexibility index (Phi) is 14.2. The Bertz CT molecular complexity index is 965. The Labute approximate surface area is 279 Å². The molecule has 258 valence electrons. The van der Waals surface area contributed by atoms with E-state index >= 15 is 0 Å². The highest BCUT2D eigenvalue weighted by Gasteiger charge is 2.59. The normalized spacial score (nSPS) is 33.2. The van der Waals surface area contributed by atoms with Gasteiger partial charge in [-0.05, 0) is 111 Å². The molecule has 8 atom stereocenters. The number of ether oxygens (including phenoxy) is 2. The minimum atomic E-state index is 0.0422. The molecule has 4 aliphatic rings. The summed E-state index contributed by atoms with van der Waals surface area (Å²) < 4.78 is 11.7. The van der Waals surface area contributed by atoms with Crippen LogP contribution in [0.1, 0.15) is 170 Å². The summed E-state index contributed by atoms with van der Waals surface area (Å²) in [6.07, 6.45) is 27.4. The first-order valence-corrected chi connectivity index (χ1v) is 19.7. The molecular formula is C42H72O3. The van der Waals surface area contributed by atoms with Crippen molar-refractivity contribution in [1.82, 2.24) is 0 Å². The van der Waals surface area contributed by atoms with Crippen LogP contribution < -0.4 is 0 Å². The van der Waals surface area contributed by atoms with Gasteiger partial charge in [0.25, 0.3) is 0 Å². The Morgan fingerprint density at radius 2 is 1.60 bits per heavy atom. The van der Waals surface area contributed by atoms with Gasteiger partial charge in [-0.25, -0.2) is 0 Å². The van der Waals surface area contributed by atoms with Gasteiger partial charge in [-0.15, -0.1) is 0 Å². The fraction of sp³-hybridized carbons (Fsp3) is 0.881. The van der Waals surface area contributed by atoms with E-state index in [0.29, 0.717) is 23.9 Å². The van der Waals surface area contributed by atoms with E-state index in [1.165, 1.54) is 89.9 Å². The molecule has 0 amide bonds. The van der Waals surface area contributed by atoms with Crippen molar-refractivity contribution in [2.24, 2.45) is 46.3 Å². The average Bonchev–Trinajstić information content (AvgIpc) is 3.35. The fourth-order valence-electron chi connectivity index (χ4n) is 10.8. The zero-order valence-corrected chi connectivity index (χ0v) is 30.6. The lowest BCUT2D eigenvalue weighted by Gasteiger charge is -2.58. The molecule has 0 unspecified atom stereocenters. The summed E-state index contributed by atoms with van der Waals surface area (Å²) in [4.78, 5) is 12.8. The molecule has 0 N–H and O–H groups in total. The molecule has 0 heterocycles. The summed E-state index contributed by atoms with van der Waals surface area (Å²) in [5, 5.41) is 0. The summed E-state index contributed by atoms with van der Waals surface area (Å²) >= 11 is 0. The van der Waals surface area contributed by atoms with E-state index < -0.39 is 0 Å². The van der Waals surface area contributed by atoms with Gasteiger partial charge >= 0.3 is 5.97 Å². The van der Waals surface area contributed by atoms with Crippen LogP contribution in [-0.4, -0.2) is 25.3 Å². The number of hydrogen-bond donors (Lipinski definition) is 0. The van der Waals surface area contributed by atoms with Gasteiger partial charge in [0.2, 0.25) is 0 Å². The van der Waals surface area contributed by atoms with Crippen LogP contribution >= 0.6 is 0 Å². The summed E-state index contributed by atoms with van der Waals surface area (Å²) in [5.41, 5.74) is 3.61. The molecule has 3 fully saturated rings. The number of carbonyl (C=O) groups excluding carboxylic acids is 1. The topological polar surface area (TPSA) is 35.5 Å². The van der Waals surface area contributed by atoms with Crippen LogP contribution in [0.4, 0.5) is 0 Å². The van der Waals surface area contributed by atoms with E-state index in [0.717, 1.165) is 79.8 Å². The molecule has 0 radical (unpaired) electrons. The van der Waals surface area contributed by atoms with Crippen LogP contribution in [-0.2, 0) is 14.3 Å². The van der Waals surface area contributed by atoms with E-state index in [1.54, 1.807) is 5.57 Å². The van der Waals surface area contributed by atoms with Crippen molar-refractivity contribution >= 4 is 5.97 Å². The van der Waals surface area contributed by atoms with Crippen molar-refractivity contribution in [3.63, 3.8) is 0 Å². The summed E-state index contributed by atoms with van der Waals surface area (Å²) in [7, 11) is 0. The molecule has 4 aliphatic carbocycles. The lowest BCUT2D eigenvalue weighted by atomic mass is 9.47. The first-order valence-electron chi connectivity index (χ1n) is 19.7. The second kappa shape index (κ2) is 17.3. The van der Waals surface area contributed by atoms with E-state index in [1.807, 2.05) is 6.92 Å². The van der Waals surface area contributed by atoms with Gasteiger partial charge in [-0.1, -0.05) is 116 Å². The maximum absolute atomic E-state index is 12.8. The third-order valence-electron chi connectivity index (χ3n) is 13.3. The Morgan fingerprint density at radius 3 is 2.31 bits per heavy atom. The largest absolute Gasteiger partial charge is 0.462 e. The van der Waals surface area contributed by atoms with Crippen molar-refractivity contribution in [2.45, 2.75) is 176 Å². The zero-order valence-electron chi connectivity index (χ0n) is 30.6. The first kappa shape index (κ1) is 36.7. The summed E-state index contributed by atoms with van der Waals surface area (Å²) in [5.74, 6) is 5.28. The molecule has 0 aromatic rings. The standard InChI is InChI=1S/C42H72O3/c1-31(2)17-16-18-33(5)37-22-23-38-36-21-20-34-29-35(24-26-41(34,6)39(36)25-27-42(37,38)7)45-40(43)19-14-12-10-8-9-11-13-15-28-44-30-32(3)4/h20,31,33,35-39H,3,8-19,21-30H2,1-2,4-7H3/t33-,35+,36+,37-,38+,39+,41+,42-/m1/s1. The van der Waals surface area contributed by atoms with Crippen LogP contribution in [0.25, 0.3) is 0 Å². The molecule has 0 aliphatic heterocycles. The molecule has 3 saturated carbocycles. The second-order valence-electron chi connectivity index (χ2n) is 17.2. The molecule has 0 saturated heterocycles. The van der Waals surface area contributed by atoms with Crippen LogP contribution in [0.3, 0.4) is 0 Å².